The Balaban J connectivity index is 0.000000632. The molecule has 0 unspecified atom stereocenters. The smallest absolute Gasteiger partial charge is 0.873 e. The first-order valence-electron chi connectivity index (χ1n) is 20.5. The first-order valence-corrected chi connectivity index (χ1v) is 20.5. The molecule has 5 heteroatoms. The standard InChI is InChI=1S/C32H48N2.C15H24O2.Ni/c1-7-11-13-14-18-32(34-30-22-20-27(15-9-3)28(24-30)16-10-4)31(17-12-8-2)33-29-21-19-25(5)26(6)23-29;1-4-7-9-12-10-11(6-3)13(8-5-2)15(17)14(12)16;/h19-24H,7-18H2,1-6H3;10,16-17H,4-9H2,1-3H3;/q;;+2/p-2. The van der Waals surface area contributed by atoms with Gasteiger partial charge < -0.3 is 10.2 Å². The van der Waals surface area contributed by atoms with Crippen molar-refractivity contribution in [1.29, 1.82) is 0 Å². The molecule has 3 aromatic carbocycles. The molecule has 0 saturated heterocycles. The molecule has 4 nitrogen and oxygen atoms in total. The largest absolute Gasteiger partial charge is 2.00 e. The summed E-state index contributed by atoms with van der Waals surface area (Å²) in [6.07, 6.45) is 19.2. The summed E-state index contributed by atoms with van der Waals surface area (Å²) in [6, 6.07) is 15.4. The second kappa shape index (κ2) is 26.8. The van der Waals surface area contributed by atoms with E-state index < -0.39 is 0 Å². The number of rotatable bonds is 21. The molecule has 0 spiro atoms. The molecule has 0 aliphatic carbocycles. The van der Waals surface area contributed by atoms with Crippen LogP contribution in [-0.2, 0) is 48.6 Å². The van der Waals surface area contributed by atoms with Crippen molar-refractivity contribution in [2.45, 2.75) is 178 Å². The Bertz CT molecular complexity index is 1520. The maximum Gasteiger partial charge on any atom is 2.00 e. The second-order valence-corrected chi connectivity index (χ2v) is 14.3. The zero-order chi connectivity index (χ0) is 37.6. The summed E-state index contributed by atoms with van der Waals surface area (Å²) in [5.74, 6) is -0.517. The Morgan fingerprint density at radius 3 is 1.63 bits per heavy atom. The van der Waals surface area contributed by atoms with Crippen molar-refractivity contribution in [3.63, 3.8) is 0 Å². The normalized spacial score (nSPS) is 11.6. The van der Waals surface area contributed by atoms with Crippen molar-refractivity contribution in [2.75, 3.05) is 0 Å². The molecule has 3 aromatic rings. The number of aryl methyl sites for hydroxylation is 6. The van der Waals surface area contributed by atoms with Gasteiger partial charge in [-0.05, 0) is 130 Å². The van der Waals surface area contributed by atoms with Gasteiger partial charge in [0.15, 0.2) is 0 Å². The van der Waals surface area contributed by atoms with Crippen molar-refractivity contribution in [3.05, 3.63) is 81.4 Å². The maximum absolute atomic E-state index is 12.0. The van der Waals surface area contributed by atoms with Crippen molar-refractivity contribution >= 4 is 22.8 Å². The molecule has 0 atom stereocenters. The van der Waals surface area contributed by atoms with Gasteiger partial charge >= 0.3 is 16.5 Å². The average Bonchev–Trinajstić information content (AvgIpc) is 3.12. The van der Waals surface area contributed by atoms with Gasteiger partial charge in [0.25, 0.3) is 0 Å². The third-order valence-electron chi connectivity index (χ3n) is 9.80. The first kappa shape index (κ1) is 47.1. The van der Waals surface area contributed by atoms with E-state index in [1.807, 2.05) is 19.9 Å². The zero-order valence-corrected chi connectivity index (χ0v) is 35.3. The molecule has 52 heavy (non-hydrogen) atoms. The van der Waals surface area contributed by atoms with E-state index in [9.17, 15) is 10.2 Å². The van der Waals surface area contributed by atoms with Gasteiger partial charge in [-0.2, -0.15) is 0 Å². The van der Waals surface area contributed by atoms with Crippen LogP contribution in [0.4, 0.5) is 11.4 Å². The molecule has 0 radical (unpaired) electrons. The van der Waals surface area contributed by atoms with E-state index in [4.69, 9.17) is 9.98 Å². The van der Waals surface area contributed by atoms with Crippen LogP contribution in [0.1, 0.15) is 171 Å². The second-order valence-electron chi connectivity index (χ2n) is 14.3. The predicted octanol–water partition coefficient (Wildman–Crippen LogP) is 12.9. The number of hydrogen-bond donors (Lipinski definition) is 0. The van der Waals surface area contributed by atoms with E-state index >= 15 is 0 Å². The monoisotopic (exact) mass is 752 g/mol. The fourth-order valence-corrected chi connectivity index (χ4v) is 6.58. The van der Waals surface area contributed by atoms with Crippen LogP contribution in [0.3, 0.4) is 0 Å². The molecule has 0 bridgehead atoms. The van der Waals surface area contributed by atoms with E-state index in [1.54, 1.807) is 0 Å². The van der Waals surface area contributed by atoms with Gasteiger partial charge in [0, 0.05) is 0 Å². The molecular formula is C47H70N2NiO2. The SMILES string of the molecule is CCCCCCC(=Nc1ccc(CCC)c(CCC)c1)C(CCCC)=Nc1ccc(C)c(C)c1.CCCCc1cc(CC)c(CCC)c([O-])c1[O-].[Ni+2]. The number of aliphatic imine (C=N–C) groups is 2. The Morgan fingerprint density at radius 1 is 0.481 bits per heavy atom. The number of hydrogen-bond acceptors (Lipinski definition) is 4. The third kappa shape index (κ3) is 15.6. The van der Waals surface area contributed by atoms with Crippen LogP contribution >= 0.6 is 0 Å². The summed E-state index contributed by atoms with van der Waals surface area (Å²) in [5.41, 5.74) is 12.6. The molecule has 0 saturated carbocycles. The minimum Gasteiger partial charge on any atom is -0.873 e. The zero-order valence-electron chi connectivity index (χ0n) is 34.3. The van der Waals surface area contributed by atoms with Crippen LogP contribution in [0.25, 0.3) is 0 Å². The van der Waals surface area contributed by atoms with Crippen LogP contribution in [0, 0.1) is 13.8 Å². The number of unbranched alkanes of at least 4 members (excludes halogenated alkanes) is 5. The fourth-order valence-electron chi connectivity index (χ4n) is 6.58. The van der Waals surface area contributed by atoms with Gasteiger partial charge in [-0.25, -0.2) is 0 Å². The molecule has 0 fully saturated rings. The van der Waals surface area contributed by atoms with E-state index in [1.165, 1.54) is 78.6 Å². The molecule has 0 amide bonds. The summed E-state index contributed by atoms with van der Waals surface area (Å²) in [7, 11) is 0. The van der Waals surface area contributed by atoms with Crippen LogP contribution in [0.2, 0.25) is 0 Å². The van der Waals surface area contributed by atoms with Gasteiger partial charge in [0.1, 0.15) is 0 Å². The van der Waals surface area contributed by atoms with Gasteiger partial charge in [0.05, 0.1) is 22.8 Å². The van der Waals surface area contributed by atoms with Crippen molar-refractivity contribution in [3.8, 4) is 11.5 Å². The molecule has 0 aromatic heterocycles. The van der Waals surface area contributed by atoms with Gasteiger partial charge in [-0.15, -0.1) is 11.5 Å². The summed E-state index contributed by atoms with van der Waals surface area (Å²) in [4.78, 5) is 10.5. The van der Waals surface area contributed by atoms with Crippen LogP contribution in [0.5, 0.6) is 11.5 Å². The van der Waals surface area contributed by atoms with Crippen molar-refractivity contribution < 1.29 is 26.7 Å². The molecule has 0 aliphatic heterocycles. The van der Waals surface area contributed by atoms with Crippen molar-refractivity contribution in [1.82, 2.24) is 0 Å². The number of benzene rings is 3. The Kier molecular flexibility index (Phi) is 24.3. The summed E-state index contributed by atoms with van der Waals surface area (Å²) in [5, 5.41) is 23.9. The average molecular weight is 754 g/mol. The molecular weight excluding hydrogens is 683 g/mol. The van der Waals surface area contributed by atoms with E-state index in [0.717, 1.165) is 93.1 Å². The molecule has 0 heterocycles. The molecule has 0 aliphatic rings. The Morgan fingerprint density at radius 2 is 1.06 bits per heavy atom. The topological polar surface area (TPSA) is 70.8 Å². The first-order chi connectivity index (χ1) is 24.7. The van der Waals surface area contributed by atoms with Gasteiger partial charge in [0.2, 0.25) is 0 Å². The van der Waals surface area contributed by atoms with Crippen molar-refractivity contribution in [2.24, 2.45) is 9.98 Å². The third-order valence-corrected chi connectivity index (χ3v) is 9.80. The van der Waals surface area contributed by atoms with Gasteiger partial charge in [-0.3, -0.25) is 9.98 Å². The van der Waals surface area contributed by atoms with E-state index in [0.29, 0.717) is 5.56 Å². The predicted molar refractivity (Wildman–Crippen MR) is 220 cm³/mol. The van der Waals surface area contributed by atoms with Crippen LogP contribution < -0.4 is 10.2 Å². The quantitative estimate of drug-likeness (QED) is 0.0617. The summed E-state index contributed by atoms with van der Waals surface area (Å²) < 4.78 is 0. The summed E-state index contributed by atoms with van der Waals surface area (Å²) >= 11 is 0. The number of nitrogens with zero attached hydrogens (tertiary/aromatic N) is 2. The summed E-state index contributed by atoms with van der Waals surface area (Å²) in [6.45, 7) is 19.6. The van der Waals surface area contributed by atoms with Crippen LogP contribution in [0.15, 0.2) is 52.4 Å². The molecule has 0 N–H and O–H groups in total. The van der Waals surface area contributed by atoms with E-state index in [2.05, 4.69) is 84.9 Å². The van der Waals surface area contributed by atoms with Gasteiger partial charge in [-0.1, -0.05) is 129 Å². The molecule has 290 valence electrons. The minimum atomic E-state index is -0.265. The minimum absolute atomic E-state index is 0. The molecule has 3 rings (SSSR count). The Hall–Kier alpha value is -2.91. The van der Waals surface area contributed by atoms with Crippen LogP contribution in [-0.4, -0.2) is 11.4 Å². The maximum atomic E-state index is 12.0. The fraction of sp³-hybridized carbons (Fsp3) is 0.574. The van der Waals surface area contributed by atoms with E-state index in [-0.39, 0.29) is 28.0 Å². The Labute approximate surface area is 329 Å².